The van der Waals surface area contributed by atoms with Crippen LogP contribution in [0.2, 0.25) is 0 Å². The summed E-state index contributed by atoms with van der Waals surface area (Å²) in [5.74, 6) is 0. The topological polar surface area (TPSA) is 28.2 Å². The predicted molar refractivity (Wildman–Crippen MR) is 58.0 cm³/mol. The predicted octanol–water partition coefficient (Wildman–Crippen LogP) is 3.23. The molecule has 0 aliphatic carbocycles. The maximum Gasteiger partial charge on any atom is 0.155 e. The summed E-state index contributed by atoms with van der Waals surface area (Å²) in [5, 5.41) is 3.72. The molecule has 13 heavy (non-hydrogen) atoms. The number of nitrogens with one attached hydrogen (secondary N) is 1. The van der Waals surface area contributed by atoms with Gasteiger partial charge in [-0.3, -0.25) is 8.91 Å². The van der Waals surface area contributed by atoms with E-state index in [1.807, 2.05) is 6.07 Å². The minimum Gasteiger partial charge on any atom is -0.342 e. The van der Waals surface area contributed by atoms with Gasteiger partial charge in [-0.1, -0.05) is 23.2 Å². The number of aromatic nitrogens is 1. The van der Waals surface area contributed by atoms with Crippen molar-refractivity contribution in [3.05, 3.63) is 28.8 Å². The zero-order valence-corrected chi connectivity index (χ0v) is 9.36. The third-order valence-electron chi connectivity index (χ3n) is 1.61. The van der Waals surface area contributed by atoms with E-state index in [4.69, 9.17) is 23.2 Å². The molecule has 0 aromatic carbocycles. The van der Waals surface area contributed by atoms with Crippen LogP contribution in [0, 0.1) is 0 Å². The van der Waals surface area contributed by atoms with Gasteiger partial charge in [0.25, 0.3) is 0 Å². The molecule has 1 aliphatic heterocycles. The zero-order valence-electron chi connectivity index (χ0n) is 6.26. The molecule has 1 N–H and O–H groups in total. The number of anilines is 2. The molecular formula is C7H4BrCl2N3. The standard InChI is InChI=1S/C7H4BrCl2N3/c8-13-5-3-11-2-1-4(5)12-6(9)7(13)10/h1-3,12H. The molecule has 0 fully saturated rings. The van der Waals surface area contributed by atoms with Gasteiger partial charge in [0.1, 0.15) is 5.16 Å². The van der Waals surface area contributed by atoms with E-state index in [2.05, 4.69) is 26.4 Å². The lowest BCUT2D eigenvalue weighted by molar-refractivity contribution is 1.25. The van der Waals surface area contributed by atoms with Crippen molar-refractivity contribution in [2.45, 2.75) is 0 Å². The van der Waals surface area contributed by atoms with Gasteiger partial charge >= 0.3 is 0 Å². The van der Waals surface area contributed by atoms with E-state index in [1.165, 1.54) is 0 Å². The summed E-state index contributed by atoms with van der Waals surface area (Å²) in [5.41, 5.74) is 1.69. The van der Waals surface area contributed by atoms with Crippen molar-refractivity contribution in [1.82, 2.24) is 4.98 Å². The molecule has 1 aromatic rings. The van der Waals surface area contributed by atoms with Crippen LogP contribution in [0.4, 0.5) is 11.4 Å². The fraction of sp³-hybridized carbons (Fsp3) is 0. The van der Waals surface area contributed by atoms with Gasteiger partial charge in [-0.05, 0) is 6.07 Å². The molecule has 0 bridgehead atoms. The normalized spacial score (nSPS) is 15.5. The Hall–Kier alpha value is -0.450. The Bertz CT molecular complexity index is 380. The van der Waals surface area contributed by atoms with Gasteiger partial charge in [0.2, 0.25) is 0 Å². The SMILES string of the molecule is ClC1=C(Cl)N(Br)c2cnccc2N1. The van der Waals surface area contributed by atoms with E-state index in [0.717, 1.165) is 11.4 Å². The lowest BCUT2D eigenvalue weighted by Gasteiger charge is -2.24. The average molecular weight is 281 g/mol. The van der Waals surface area contributed by atoms with Crippen LogP contribution in [-0.4, -0.2) is 4.98 Å². The number of nitrogens with zero attached hydrogens (tertiary/aromatic N) is 2. The van der Waals surface area contributed by atoms with Crippen LogP contribution in [0.15, 0.2) is 28.8 Å². The molecule has 0 spiro atoms. The molecule has 2 rings (SSSR count). The summed E-state index contributed by atoms with van der Waals surface area (Å²) in [7, 11) is 0. The van der Waals surface area contributed by atoms with Crippen molar-refractivity contribution in [1.29, 1.82) is 0 Å². The Labute approximate surface area is 93.7 Å². The van der Waals surface area contributed by atoms with Crippen molar-refractivity contribution in [2.75, 3.05) is 9.24 Å². The molecule has 0 unspecified atom stereocenters. The number of fused-ring (bicyclic) bond motifs is 1. The Morgan fingerprint density at radius 2 is 2.23 bits per heavy atom. The van der Waals surface area contributed by atoms with Crippen LogP contribution >= 0.6 is 39.3 Å². The maximum atomic E-state index is 5.88. The molecule has 1 aromatic heterocycles. The molecule has 68 valence electrons. The third-order valence-corrected chi connectivity index (χ3v) is 3.28. The van der Waals surface area contributed by atoms with Crippen molar-refractivity contribution < 1.29 is 0 Å². The molecule has 0 radical (unpaired) electrons. The minimum absolute atomic E-state index is 0.386. The van der Waals surface area contributed by atoms with Gasteiger partial charge in [-0.2, -0.15) is 0 Å². The number of hydrogen-bond donors (Lipinski definition) is 1. The monoisotopic (exact) mass is 279 g/mol. The Morgan fingerprint density at radius 3 is 3.00 bits per heavy atom. The molecule has 6 heteroatoms. The highest BCUT2D eigenvalue weighted by Gasteiger charge is 2.20. The first-order chi connectivity index (χ1) is 6.20. The second-order valence-electron chi connectivity index (χ2n) is 2.40. The molecule has 1 aliphatic rings. The second-order valence-corrected chi connectivity index (χ2v) is 3.85. The van der Waals surface area contributed by atoms with Crippen molar-refractivity contribution in [2.24, 2.45) is 0 Å². The van der Waals surface area contributed by atoms with Gasteiger partial charge in [0.15, 0.2) is 5.16 Å². The summed E-state index contributed by atoms with van der Waals surface area (Å²) >= 11 is 15.0. The summed E-state index contributed by atoms with van der Waals surface area (Å²) in [6, 6.07) is 1.81. The first-order valence-corrected chi connectivity index (χ1v) is 4.89. The Morgan fingerprint density at radius 1 is 1.46 bits per heavy atom. The number of halogens is 3. The van der Waals surface area contributed by atoms with Crippen molar-refractivity contribution in [3.8, 4) is 0 Å². The van der Waals surface area contributed by atoms with E-state index in [9.17, 15) is 0 Å². The van der Waals surface area contributed by atoms with Crippen LogP contribution in [-0.2, 0) is 0 Å². The highest BCUT2D eigenvalue weighted by molar-refractivity contribution is 9.10. The van der Waals surface area contributed by atoms with E-state index in [-0.39, 0.29) is 0 Å². The maximum absolute atomic E-state index is 5.88. The first-order valence-electron chi connectivity index (χ1n) is 3.42. The number of hydrogen-bond acceptors (Lipinski definition) is 3. The summed E-state index contributed by atoms with van der Waals surface area (Å²) in [6.45, 7) is 0. The van der Waals surface area contributed by atoms with E-state index >= 15 is 0 Å². The van der Waals surface area contributed by atoms with E-state index < -0.39 is 0 Å². The van der Waals surface area contributed by atoms with Crippen molar-refractivity contribution >= 4 is 50.7 Å². The summed E-state index contributed by atoms with van der Waals surface area (Å²) in [6.07, 6.45) is 3.36. The van der Waals surface area contributed by atoms with Crippen LogP contribution in [0.3, 0.4) is 0 Å². The first kappa shape index (κ1) is 9.12. The van der Waals surface area contributed by atoms with Gasteiger partial charge in [-0.15, -0.1) is 0 Å². The lowest BCUT2D eigenvalue weighted by atomic mass is 10.3. The van der Waals surface area contributed by atoms with Crippen LogP contribution in [0.25, 0.3) is 0 Å². The van der Waals surface area contributed by atoms with Crippen LogP contribution in [0.1, 0.15) is 0 Å². The summed E-state index contributed by atoms with van der Waals surface area (Å²) < 4.78 is 1.59. The van der Waals surface area contributed by atoms with E-state index in [0.29, 0.717) is 10.3 Å². The second kappa shape index (κ2) is 3.36. The van der Waals surface area contributed by atoms with Gasteiger partial charge in [-0.25, -0.2) is 0 Å². The van der Waals surface area contributed by atoms with Gasteiger partial charge in [0.05, 0.1) is 33.7 Å². The highest BCUT2D eigenvalue weighted by atomic mass is 79.9. The molecule has 0 amide bonds. The van der Waals surface area contributed by atoms with E-state index in [1.54, 1.807) is 16.3 Å². The average Bonchev–Trinajstić information content (AvgIpc) is 2.15. The highest BCUT2D eigenvalue weighted by Crippen LogP contribution is 2.38. The fourth-order valence-electron chi connectivity index (χ4n) is 1.01. The third kappa shape index (κ3) is 1.49. The van der Waals surface area contributed by atoms with Gasteiger partial charge in [0, 0.05) is 6.20 Å². The zero-order chi connectivity index (χ0) is 9.42. The fourth-order valence-corrected chi connectivity index (χ4v) is 1.90. The molecule has 0 saturated heterocycles. The molecule has 0 saturated carbocycles. The number of pyridine rings is 1. The smallest absolute Gasteiger partial charge is 0.155 e. The summed E-state index contributed by atoms with van der Waals surface area (Å²) in [4.78, 5) is 3.97. The lowest BCUT2D eigenvalue weighted by Crippen LogP contribution is -2.16. The van der Waals surface area contributed by atoms with Crippen LogP contribution in [0.5, 0.6) is 0 Å². The van der Waals surface area contributed by atoms with Crippen LogP contribution < -0.4 is 9.24 Å². The molecule has 0 atom stereocenters. The largest absolute Gasteiger partial charge is 0.342 e. The molecule has 2 heterocycles. The molecular weight excluding hydrogens is 277 g/mol. The minimum atomic E-state index is 0.386. The van der Waals surface area contributed by atoms with Crippen molar-refractivity contribution in [3.63, 3.8) is 0 Å². The molecule has 3 nitrogen and oxygen atoms in total. The number of rotatable bonds is 0. The quantitative estimate of drug-likeness (QED) is 0.584. The van der Waals surface area contributed by atoms with Gasteiger partial charge < -0.3 is 5.32 Å². The Kier molecular flexibility index (Phi) is 2.36. The Balaban J connectivity index is 2.52.